The van der Waals surface area contributed by atoms with E-state index in [0.717, 1.165) is 35.3 Å². The first-order chi connectivity index (χ1) is 11.6. The van der Waals surface area contributed by atoms with Gasteiger partial charge in [0.25, 0.3) is 5.91 Å². The van der Waals surface area contributed by atoms with Gasteiger partial charge in [-0.05, 0) is 19.4 Å². The smallest absolute Gasteiger partial charge is 0.274 e. The van der Waals surface area contributed by atoms with Gasteiger partial charge < -0.3 is 15.3 Å². The molecule has 0 radical (unpaired) electrons. The van der Waals surface area contributed by atoms with Gasteiger partial charge >= 0.3 is 0 Å². The lowest BCUT2D eigenvalue weighted by molar-refractivity contribution is 0.0628. The fraction of sp³-hybridized carbons (Fsp3) is 0.444. The van der Waals surface area contributed by atoms with E-state index in [1.54, 1.807) is 4.90 Å². The lowest BCUT2D eigenvalue weighted by atomic mass is 10.1. The van der Waals surface area contributed by atoms with Crippen LogP contribution in [0.2, 0.25) is 0 Å². The third kappa shape index (κ3) is 3.34. The third-order valence-corrected chi connectivity index (χ3v) is 4.53. The highest BCUT2D eigenvalue weighted by Crippen LogP contribution is 2.20. The van der Waals surface area contributed by atoms with Gasteiger partial charge in [0.1, 0.15) is 0 Å². The molecule has 0 spiro atoms. The number of carbonyl (C=O) groups is 1. The number of aromatic nitrogens is 2. The van der Waals surface area contributed by atoms with Crippen molar-refractivity contribution in [3.8, 4) is 0 Å². The molecule has 0 saturated heterocycles. The number of rotatable bonds is 5. The summed E-state index contributed by atoms with van der Waals surface area (Å²) < 4.78 is 0. The second-order valence-electron chi connectivity index (χ2n) is 6.23. The molecule has 1 unspecified atom stereocenters. The molecule has 1 atom stereocenters. The van der Waals surface area contributed by atoms with Gasteiger partial charge in [-0.25, -0.2) is 0 Å². The summed E-state index contributed by atoms with van der Waals surface area (Å²) in [4.78, 5) is 14.5. The molecule has 3 rings (SSSR count). The second kappa shape index (κ2) is 7.15. The number of carbonyl (C=O) groups excluding carboxylic acids is 1. The van der Waals surface area contributed by atoms with Crippen LogP contribution in [-0.4, -0.2) is 45.7 Å². The van der Waals surface area contributed by atoms with Crippen molar-refractivity contribution >= 4 is 5.91 Å². The zero-order valence-corrected chi connectivity index (χ0v) is 14.2. The second-order valence-corrected chi connectivity index (χ2v) is 6.23. The molecular formula is C18H24N4O2. The summed E-state index contributed by atoms with van der Waals surface area (Å²) in [6, 6.07) is 7.73. The number of nitrogens with zero attached hydrogens (tertiary/aromatic N) is 2. The van der Waals surface area contributed by atoms with Crippen molar-refractivity contribution in [2.45, 2.75) is 32.9 Å². The molecule has 6 heteroatoms. The molecule has 1 aliphatic rings. The summed E-state index contributed by atoms with van der Waals surface area (Å²) in [5, 5.41) is 20.9. The maximum atomic E-state index is 12.8. The lowest BCUT2D eigenvalue weighted by Crippen LogP contribution is -2.36. The maximum Gasteiger partial charge on any atom is 0.274 e. The minimum absolute atomic E-state index is 0.134. The predicted octanol–water partition coefficient (Wildman–Crippen LogP) is 1.56. The van der Waals surface area contributed by atoms with Gasteiger partial charge in [-0.1, -0.05) is 29.8 Å². The van der Waals surface area contributed by atoms with Gasteiger partial charge in [-0.3, -0.25) is 9.89 Å². The molecule has 0 saturated carbocycles. The van der Waals surface area contributed by atoms with E-state index < -0.39 is 6.10 Å². The van der Waals surface area contributed by atoms with Gasteiger partial charge in [0.05, 0.1) is 12.6 Å². The number of aliphatic hydroxyl groups is 1. The van der Waals surface area contributed by atoms with E-state index in [9.17, 15) is 9.90 Å². The molecule has 1 aliphatic heterocycles. The molecule has 1 aromatic heterocycles. The minimum atomic E-state index is -0.706. The Bertz CT molecular complexity index is 708. The van der Waals surface area contributed by atoms with Crippen molar-refractivity contribution in [2.75, 3.05) is 19.6 Å². The molecule has 24 heavy (non-hydrogen) atoms. The summed E-state index contributed by atoms with van der Waals surface area (Å²) in [5.41, 5.74) is 4.42. The Labute approximate surface area is 141 Å². The van der Waals surface area contributed by atoms with Crippen molar-refractivity contribution in [3.05, 3.63) is 52.3 Å². The number of fused-ring (bicyclic) bond motifs is 1. The SMILES string of the molecule is CCN(CC(O)c1ccc(C)cc1)C(=O)c1n[nH]c2c1CNCC2. The summed E-state index contributed by atoms with van der Waals surface area (Å²) in [7, 11) is 0. The van der Waals surface area contributed by atoms with Gasteiger partial charge in [0, 0.05) is 37.3 Å². The van der Waals surface area contributed by atoms with Crippen LogP contribution in [0.5, 0.6) is 0 Å². The van der Waals surface area contributed by atoms with Crippen LogP contribution in [0.15, 0.2) is 24.3 Å². The van der Waals surface area contributed by atoms with Gasteiger partial charge in [0.15, 0.2) is 5.69 Å². The van der Waals surface area contributed by atoms with Gasteiger partial charge in [-0.15, -0.1) is 0 Å². The van der Waals surface area contributed by atoms with Crippen LogP contribution in [-0.2, 0) is 13.0 Å². The number of likely N-dealkylation sites (N-methyl/N-ethyl adjacent to an activating group) is 1. The molecule has 1 aromatic carbocycles. The standard InChI is InChI=1S/C18H24N4O2/c1-3-22(11-16(23)13-6-4-12(2)5-7-13)18(24)17-14-10-19-9-8-15(14)20-21-17/h4-7,16,19,23H,3,8-11H2,1-2H3,(H,20,21). The number of aromatic amines is 1. The molecule has 2 heterocycles. The minimum Gasteiger partial charge on any atom is -0.387 e. The fourth-order valence-electron chi connectivity index (χ4n) is 3.01. The van der Waals surface area contributed by atoms with Gasteiger partial charge in [-0.2, -0.15) is 5.10 Å². The van der Waals surface area contributed by atoms with Crippen LogP contribution in [0.1, 0.15) is 45.9 Å². The van der Waals surface area contributed by atoms with Crippen LogP contribution in [0.4, 0.5) is 0 Å². The summed E-state index contributed by atoms with van der Waals surface area (Å²) in [6.07, 6.45) is 0.149. The number of nitrogens with one attached hydrogen (secondary N) is 2. The molecular weight excluding hydrogens is 304 g/mol. The molecule has 0 fully saturated rings. The Morgan fingerprint density at radius 3 is 2.83 bits per heavy atom. The summed E-state index contributed by atoms with van der Waals surface area (Å²) >= 11 is 0. The van der Waals surface area contributed by atoms with E-state index in [-0.39, 0.29) is 12.5 Å². The molecule has 128 valence electrons. The van der Waals surface area contributed by atoms with Crippen molar-refractivity contribution < 1.29 is 9.90 Å². The van der Waals surface area contributed by atoms with Crippen LogP contribution in [0, 0.1) is 6.92 Å². The van der Waals surface area contributed by atoms with E-state index in [1.807, 2.05) is 38.1 Å². The number of aryl methyl sites for hydroxylation is 1. The number of amides is 1. The lowest BCUT2D eigenvalue weighted by Gasteiger charge is -2.24. The van der Waals surface area contributed by atoms with Crippen LogP contribution in [0.3, 0.4) is 0 Å². The number of benzene rings is 1. The number of hydrogen-bond donors (Lipinski definition) is 3. The third-order valence-electron chi connectivity index (χ3n) is 4.53. The first-order valence-electron chi connectivity index (χ1n) is 8.41. The average molecular weight is 328 g/mol. The Morgan fingerprint density at radius 2 is 2.12 bits per heavy atom. The molecule has 0 bridgehead atoms. The summed E-state index contributed by atoms with van der Waals surface area (Å²) in [5.74, 6) is -0.134. The van der Waals surface area contributed by atoms with Crippen LogP contribution < -0.4 is 5.32 Å². The number of aliphatic hydroxyl groups excluding tert-OH is 1. The zero-order valence-electron chi connectivity index (χ0n) is 14.2. The van der Waals surface area contributed by atoms with E-state index in [2.05, 4.69) is 15.5 Å². The first-order valence-corrected chi connectivity index (χ1v) is 8.41. The topological polar surface area (TPSA) is 81.2 Å². The molecule has 3 N–H and O–H groups in total. The summed E-state index contributed by atoms with van der Waals surface area (Å²) in [6.45, 7) is 6.26. The van der Waals surface area contributed by atoms with Crippen LogP contribution in [0.25, 0.3) is 0 Å². The molecule has 1 amide bonds. The quantitative estimate of drug-likeness (QED) is 0.778. The first kappa shape index (κ1) is 16.7. The van der Waals surface area contributed by atoms with Crippen molar-refractivity contribution in [1.82, 2.24) is 20.4 Å². The molecule has 6 nitrogen and oxygen atoms in total. The highest BCUT2D eigenvalue weighted by Gasteiger charge is 2.26. The Morgan fingerprint density at radius 1 is 1.38 bits per heavy atom. The normalized spacial score (nSPS) is 15.0. The Hall–Kier alpha value is -2.18. The number of H-pyrrole nitrogens is 1. The predicted molar refractivity (Wildman–Crippen MR) is 91.7 cm³/mol. The zero-order chi connectivity index (χ0) is 17.1. The monoisotopic (exact) mass is 328 g/mol. The maximum absolute atomic E-state index is 12.8. The van der Waals surface area contributed by atoms with Crippen molar-refractivity contribution in [1.29, 1.82) is 0 Å². The fourth-order valence-corrected chi connectivity index (χ4v) is 3.01. The largest absolute Gasteiger partial charge is 0.387 e. The average Bonchev–Trinajstić information content (AvgIpc) is 3.03. The Kier molecular flexibility index (Phi) is 4.97. The molecule has 2 aromatic rings. The van der Waals surface area contributed by atoms with E-state index in [1.165, 1.54) is 0 Å². The van der Waals surface area contributed by atoms with Crippen molar-refractivity contribution in [2.24, 2.45) is 0 Å². The highest BCUT2D eigenvalue weighted by atomic mass is 16.3. The van der Waals surface area contributed by atoms with Crippen LogP contribution >= 0.6 is 0 Å². The van der Waals surface area contributed by atoms with E-state index in [4.69, 9.17) is 0 Å². The Balaban J connectivity index is 1.74. The van der Waals surface area contributed by atoms with Crippen molar-refractivity contribution in [3.63, 3.8) is 0 Å². The molecule has 0 aliphatic carbocycles. The van der Waals surface area contributed by atoms with Gasteiger partial charge in [0.2, 0.25) is 0 Å². The van der Waals surface area contributed by atoms with E-state index >= 15 is 0 Å². The highest BCUT2D eigenvalue weighted by molar-refractivity contribution is 5.94. The van der Waals surface area contributed by atoms with E-state index in [0.29, 0.717) is 18.8 Å². The number of hydrogen-bond acceptors (Lipinski definition) is 4.